The van der Waals surface area contributed by atoms with Crippen LogP contribution in [0.25, 0.3) is 0 Å². The molecule has 9 heteroatoms. The summed E-state index contributed by atoms with van der Waals surface area (Å²) < 4.78 is 4.84. The van der Waals surface area contributed by atoms with E-state index in [1.807, 2.05) is 19.1 Å². The summed E-state index contributed by atoms with van der Waals surface area (Å²) in [5.74, 6) is -1.67. The van der Waals surface area contributed by atoms with Crippen molar-refractivity contribution in [2.75, 3.05) is 12.0 Å². The minimum Gasteiger partial charge on any atom is -0.507 e. The number of nitrogens with zero attached hydrogens (tertiary/aromatic N) is 2. The number of esters is 1. The van der Waals surface area contributed by atoms with Crippen LogP contribution in [-0.4, -0.2) is 40.6 Å². The molecule has 0 bridgehead atoms. The first-order chi connectivity index (χ1) is 14.4. The van der Waals surface area contributed by atoms with Gasteiger partial charge in [0.25, 0.3) is 0 Å². The van der Waals surface area contributed by atoms with Gasteiger partial charge >= 0.3 is 5.97 Å². The molecule has 9 nitrogen and oxygen atoms in total. The molecule has 1 heterocycles. The standard InChI is InChI=1S/C21H22N4O5/c1-3-30-21(29)18-16(26)9-6-14(20(18)28)11-22-23-15-7-4-13(5-8-15)19-12(2)10-17(27)24-25-19/h4-9,11-12,23,26,28H,3,10H2,1-2H3,(H,24,27). The minimum atomic E-state index is -0.817. The molecule has 0 aliphatic carbocycles. The summed E-state index contributed by atoms with van der Waals surface area (Å²) in [6.07, 6.45) is 1.72. The quantitative estimate of drug-likeness (QED) is 0.329. The molecule has 3 rings (SSSR count). The lowest BCUT2D eigenvalue weighted by atomic mass is 9.94. The second-order valence-corrected chi connectivity index (χ2v) is 6.70. The van der Waals surface area contributed by atoms with Gasteiger partial charge in [0.1, 0.15) is 17.1 Å². The van der Waals surface area contributed by atoms with Crippen LogP contribution in [0, 0.1) is 5.92 Å². The highest BCUT2D eigenvalue weighted by atomic mass is 16.5. The fourth-order valence-electron chi connectivity index (χ4n) is 3.00. The molecule has 1 aliphatic rings. The maximum atomic E-state index is 11.9. The molecule has 0 saturated heterocycles. The third-order valence-corrected chi connectivity index (χ3v) is 4.50. The molecule has 1 amide bonds. The number of nitrogens with one attached hydrogen (secondary N) is 2. The van der Waals surface area contributed by atoms with Crippen LogP contribution >= 0.6 is 0 Å². The van der Waals surface area contributed by atoms with E-state index in [2.05, 4.69) is 21.1 Å². The molecule has 0 aromatic heterocycles. The zero-order valence-electron chi connectivity index (χ0n) is 16.5. The molecule has 2 aromatic carbocycles. The second kappa shape index (κ2) is 9.08. The van der Waals surface area contributed by atoms with E-state index < -0.39 is 11.7 Å². The van der Waals surface area contributed by atoms with Gasteiger partial charge in [-0.1, -0.05) is 19.1 Å². The number of ether oxygens (including phenoxy) is 1. The lowest BCUT2D eigenvalue weighted by molar-refractivity contribution is -0.121. The monoisotopic (exact) mass is 410 g/mol. The van der Waals surface area contributed by atoms with Gasteiger partial charge in [-0.05, 0) is 36.8 Å². The maximum absolute atomic E-state index is 11.9. The third kappa shape index (κ3) is 4.57. The number of amides is 1. The van der Waals surface area contributed by atoms with Crippen LogP contribution in [0.5, 0.6) is 11.5 Å². The third-order valence-electron chi connectivity index (χ3n) is 4.50. The molecule has 0 radical (unpaired) electrons. The fourth-order valence-corrected chi connectivity index (χ4v) is 3.00. The van der Waals surface area contributed by atoms with Gasteiger partial charge in [0.15, 0.2) is 0 Å². The van der Waals surface area contributed by atoms with Crippen molar-refractivity contribution in [2.45, 2.75) is 20.3 Å². The number of carbonyl (C=O) groups is 2. The molecule has 30 heavy (non-hydrogen) atoms. The Balaban J connectivity index is 1.71. The summed E-state index contributed by atoms with van der Waals surface area (Å²) >= 11 is 0. The molecule has 1 aliphatic heterocycles. The van der Waals surface area contributed by atoms with Crippen molar-refractivity contribution in [2.24, 2.45) is 16.1 Å². The van der Waals surface area contributed by atoms with Crippen LogP contribution in [0.4, 0.5) is 5.69 Å². The van der Waals surface area contributed by atoms with Gasteiger partial charge < -0.3 is 14.9 Å². The van der Waals surface area contributed by atoms with E-state index in [4.69, 9.17) is 4.74 Å². The largest absolute Gasteiger partial charge is 0.507 e. The van der Waals surface area contributed by atoms with Crippen molar-refractivity contribution >= 4 is 29.5 Å². The summed E-state index contributed by atoms with van der Waals surface area (Å²) in [7, 11) is 0. The Morgan fingerprint density at radius 3 is 2.70 bits per heavy atom. The number of aromatic hydroxyl groups is 2. The van der Waals surface area contributed by atoms with E-state index >= 15 is 0 Å². The Labute approximate surface area is 173 Å². The summed E-state index contributed by atoms with van der Waals surface area (Å²) in [6.45, 7) is 3.69. The predicted molar refractivity (Wildman–Crippen MR) is 112 cm³/mol. The molecular formula is C21H22N4O5. The van der Waals surface area contributed by atoms with Crippen LogP contribution in [0.15, 0.2) is 46.6 Å². The van der Waals surface area contributed by atoms with Crippen molar-refractivity contribution in [3.8, 4) is 11.5 Å². The molecule has 1 atom stereocenters. The fraction of sp³-hybridized carbons (Fsp3) is 0.238. The van der Waals surface area contributed by atoms with Crippen molar-refractivity contribution in [1.29, 1.82) is 0 Å². The highest BCUT2D eigenvalue weighted by Gasteiger charge is 2.21. The maximum Gasteiger partial charge on any atom is 0.345 e. The number of carbonyl (C=O) groups excluding carboxylic acids is 2. The van der Waals surface area contributed by atoms with E-state index in [0.717, 1.165) is 11.3 Å². The Bertz CT molecular complexity index is 1010. The topological polar surface area (TPSA) is 133 Å². The normalized spacial score (nSPS) is 16.1. The van der Waals surface area contributed by atoms with Gasteiger partial charge in [-0.15, -0.1) is 0 Å². The van der Waals surface area contributed by atoms with Crippen molar-refractivity contribution in [3.63, 3.8) is 0 Å². The number of hydrazone groups is 2. The number of hydrogen-bond acceptors (Lipinski definition) is 8. The number of phenolic OH excluding ortho intramolecular Hbond substituents is 2. The lowest BCUT2D eigenvalue weighted by Gasteiger charge is -2.19. The lowest BCUT2D eigenvalue weighted by Crippen LogP contribution is -2.31. The molecular weight excluding hydrogens is 388 g/mol. The zero-order valence-corrected chi connectivity index (χ0v) is 16.5. The molecule has 0 spiro atoms. The Hall–Kier alpha value is -3.88. The summed E-state index contributed by atoms with van der Waals surface area (Å²) in [4.78, 5) is 23.3. The number of anilines is 1. The summed E-state index contributed by atoms with van der Waals surface area (Å²) in [5, 5.41) is 28.3. The van der Waals surface area contributed by atoms with Crippen molar-refractivity contribution < 1.29 is 24.5 Å². The minimum absolute atomic E-state index is 0.0293. The number of rotatable bonds is 6. The average Bonchev–Trinajstić information content (AvgIpc) is 2.71. The van der Waals surface area contributed by atoms with Gasteiger partial charge in [0.2, 0.25) is 5.91 Å². The Kier molecular flexibility index (Phi) is 6.31. The van der Waals surface area contributed by atoms with Crippen LogP contribution in [0.3, 0.4) is 0 Å². The molecule has 1 unspecified atom stereocenters. The highest BCUT2D eigenvalue weighted by molar-refractivity contribution is 6.05. The van der Waals surface area contributed by atoms with Crippen LogP contribution in [0.1, 0.15) is 41.8 Å². The Morgan fingerprint density at radius 2 is 2.03 bits per heavy atom. The zero-order chi connectivity index (χ0) is 21.7. The smallest absolute Gasteiger partial charge is 0.345 e. The predicted octanol–water partition coefficient (Wildman–Crippen LogP) is 2.58. The first-order valence-corrected chi connectivity index (χ1v) is 9.38. The first kappa shape index (κ1) is 20.8. The molecule has 0 saturated carbocycles. The van der Waals surface area contributed by atoms with Crippen molar-refractivity contribution in [3.05, 3.63) is 53.1 Å². The van der Waals surface area contributed by atoms with E-state index in [-0.39, 0.29) is 35.3 Å². The summed E-state index contributed by atoms with van der Waals surface area (Å²) in [5.41, 5.74) is 7.64. The van der Waals surface area contributed by atoms with E-state index in [1.54, 1.807) is 19.1 Å². The molecule has 156 valence electrons. The average molecular weight is 410 g/mol. The number of benzene rings is 2. The van der Waals surface area contributed by atoms with Crippen LogP contribution in [-0.2, 0) is 9.53 Å². The van der Waals surface area contributed by atoms with E-state index in [1.165, 1.54) is 18.3 Å². The van der Waals surface area contributed by atoms with Crippen LogP contribution < -0.4 is 10.9 Å². The Morgan fingerprint density at radius 1 is 1.30 bits per heavy atom. The van der Waals surface area contributed by atoms with Crippen molar-refractivity contribution in [1.82, 2.24) is 5.43 Å². The molecule has 0 fully saturated rings. The second-order valence-electron chi connectivity index (χ2n) is 6.70. The number of phenols is 2. The van der Waals surface area contributed by atoms with Gasteiger partial charge in [-0.2, -0.15) is 10.2 Å². The van der Waals surface area contributed by atoms with Gasteiger partial charge in [0.05, 0.1) is 24.2 Å². The van der Waals surface area contributed by atoms with Gasteiger partial charge in [-0.25, -0.2) is 10.2 Å². The van der Waals surface area contributed by atoms with E-state index in [0.29, 0.717) is 12.1 Å². The SMILES string of the molecule is CCOC(=O)c1c(O)ccc(C=NNc2ccc(C3=NNC(=O)CC3C)cc2)c1O. The van der Waals surface area contributed by atoms with Gasteiger partial charge in [0, 0.05) is 17.9 Å². The summed E-state index contributed by atoms with van der Waals surface area (Å²) in [6, 6.07) is 10.0. The molecule has 4 N–H and O–H groups in total. The van der Waals surface area contributed by atoms with Gasteiger partial charge in [-0.3, -0.25) is 10.2 Å². The van der Waals surface area contributed by atoms with E-state index in [9.17, 15) is 19.8 Å². The first-order valence-electron chi connectivity index (χ1n) is 9.38. The highest BCUT2D eigenvalue weighted by Crippen LogP contribution is 2.30. The van der Waals surface area contributed by atoms with Crippen LogP contribution in [0.2, 0.25) is 0 Å². The number of hydrogen-bond donors (Lipinski definition) is 4. The molecule has 2 aromatic rings.